The molecule has 0 saturated carbocycles. The van der Waals surface area contributed by atoms with E-state index in [4.69, 9.17) is 0 Å². The summed E-state index contributed by atoms with van der Waals surface area (Å²) >= 11 is 1.43. The average Bonchev–Trinajstić information content (AvgIpc) is 2.75. The Morgan fingerprint density at radius 2 is 1.91 bits per heavy atom. The number of aryl methyl sites for hydroxylation is 1. The number of nitrogens with one attached hydrogen (secondary N) is 1. The first-order chi connectivity index (χ1) is 10.7. The second-order valence-electron chi connectivity index (χ2n) is 6.21. The lowest BCUT2D eigenvalue weighted by atomic mass is 9.93. The average molecular weight is 333 g/mol. The monoisotopic (exact) mass is 333 g/mol. The smallest absolute Gasteiger partial charge is 0.240 e. The van der Waals surface area contributed by atoms with Crippen molar-refractivity contribution in [2.45, 2.75) is 51.8 Å². The van der Waals surface area contributed by atoms with Gasteiger partial charge in [0.15, 0.2) is 5.17 Å². The molecule has 5 nitrogen and oxygen atoms in total. The fourth-order valence-electron chi connectivity index (χ4n) is 2.78. The third kappa shape index (κ3) is 4.13. The van der Waals surface area contributed by atoms with E-state index in [2.05, 4.69) is 48.5 Å². The van der Waals surface area contributed by atoms with Gasteiger partial charge >= 0.3 is 0 Å². The molecule has 2 rings (SSSR count). The summed E-state index contributed by atoms with van der Waals surface area (Å²) in [7, 11) is 0. The van der Waals surface area contributed by atoms with Crippen LogP contribution in [0.1, 0.15) is 51.2 Å². The van der Waals surface area contributed by atoms with Gasteiger partial charge in [0.05, 0.1) is 0 Å². The summed E-state index contributed by atoms with van der Waals surface area (Å²) in [5.74, 6) is -0.0473. The predicted molar refractivity (Wildman–Crippen MR) is 94.0 cm³/mol. The molecular weight excluding hydrogens is 310 g/mol. The minimum absolute atomic E-state index is 0.128. The van der Waals surface area contributed by atoms with Crippen LogP contribution in [0.4, 0.5) is 0 Å². The third-order valence-electron chi connectivity index (χ3n) is 3.87. The molecule has 0 radical (unpaired) electrons. The second-order valence-corrected chi connectivity index (χ2v) is 7.68. The molecule has 1 N–H and O–H groups in total. The predicted octanol–water partition coefficient (Wildman–Crippen LogP) is 3.21. The summed E-state index contributed by atoms with van der Waals surface area (Å²) in [6, 6.07) is 8.43. The maximum absolute atomic E-state index is 11.9. The van der Waals surface area contributed by atoms with Gasteiger partial charge in [-0.25, -0.2) is 5.01 Å². The Morgan fingerprint density at radius 1 is 1.30 bits per heavy atom. The van der Waals surface area contributed by atoms with Crippen molar-refractivity contribution in [3.8, 4) is 0 Å². The number of hydrogen-bond donors (Lipinski definition) is 1. The summed E-state index contributed by atoms with van der Waals surface area (Å²) in [4.78, 5) is 22.7. The van der Waals surface area contributed by atoms with Gasteiger partial charge in [0.1, 0.15) is 4.87 Å². The molecule has 1 aromatic carbocycles. The molecule has 0 saturated heterocycles. The molecule has 1 aliphatic heterocycles. The number of amidine groups is 1. The molecule has 2 atom stereocenters. The summed E-state index contributed by atoms with van der Waals surface area (Å²) in [5, 5.41) is 8.91. The lowest BCUT2D eigenvalue weighted by Gasteiger charge is -2.33. The van der Waals surface area contributed by atoms with Crippen LogP contribution in [0.2, 0.25) is 0 Å². The van der Waals surface area contributed by atoms with E-state index in [1.54, 1.807) is 0 Å². The van der Waals surface area contributed by atoms with Crippen LogP contribution >= 0.6 is 11.8 Å². The van der Waals surface area contributed by atoms with Crippen LogP contribution in [0.3, 0.4) is 0 Å². The van der Waals surface area contributed by atoms with E-state index in [0.29, 0.717) is 5.17 Å². The molecular formula is C17H23N3O2S. The van der Waals surface area contributed by atoms with Crippen molar-refractivity contribution in [2.24, 2.45) is 5.10 Å². The molecule has 0 aromatic heterocycles. The molecule has 1 heterocycles. The Morgan fingerprint density at radius 3 is 2.43 bits per heavy atom. The summed E-state index contributed by atoms with van der Waals surface area (Å²) < 4.78 is 0. The van der Waals surface area contributed by atoms with Crippen LogP contribution in [0.15, 0.2) is 29.4 Å². The van der Waals surface area contributed by atoms with Gasteiger partial charge < -0.3 is 5.32 Å². The number of rotatable bonds is 3. The van der Waals surface area contributed by atoms with Crippen molar-refractivity contribution in [3.05, 3.63) is 35.4 Å². The largest absolute Gasteiger partial charge is 0.304 e. The fourth-order valence-corrected chi connectivity index (χ4v) is 4.11. The van der Waals surface area contributed by atoms with E-state index < -0.39 is 4.87 Å². The zero-order valence-electron chi connectivity index (χ0n) is 14.2. The Labute approximate surface area is 141 Å². The lowest BCUT2D eigenvalue weighted by Crippen LogP contribution is -2.41. The first-order valence-electron chi connectivity index (χ1n) is 7.64. The minimum Gasteiger partial charge on any atom is -0.304 e. The number of carbonyl (C=O) groups excluding carboxylic acids is 2. The highest BCUT2D eigenvalue weighted by molar-refractivity contribution is 8.15. The number of carbonyl (C=O) groups is 2. The Balaban J connectivity index is 2.17. The highest BCUT2D eigenvalue weighted by Crippen LogP contribution is 2.43. The highest BCUT2D eigenvalue weighted by Gasteiger charge is 2.43. The topological polar surface area (TPSA) is 61.8 Å². The summed E-state index contributed by atoms with van der Waals surface area (Å²) in [6.45, 7) is 9.13. The van der Waals surface area contributed by atoms with Crippen LogP contribution in [0.25, 0.3) is 0 Å². The van der Waals surface area contributed by atoms with Crippen LogP contribution < -0.4 is 5.32 Å². The molecule has 0 unspecified atom stereocenters. The number of thioether (sulfide) groups is 1. The first kappa shape index (κ1) is 17.5. The zero-order valence-corrected chi connectivity index (χ0v) is 15.0. The maximum atomic E-state index is 11.9. The van der Waals surface area contributed by atoms with Gasteiger partial charge in [-0.3, -0.25) is 9.59 Å². The Bertz CT molecular complexity index is 642. The van der Waals surface area contributed by atoms with Crippen molar-refractivity contribution in [1.82, 2.24) is 10.3 Å². The van der Waals surface area contributed by atoms with Crippen molar-refractivity contribution in [2.75, 3.05) is 0 Å². The second kappa shape index (κ2) is 6.74. The van der Waals surface area contributed by atoms with Crippen LogP contribution in [0.5, 0.6) is 0 Å². The van der Waals surface area contributed by atoms with Gasteiger partial charge in [-0.1, -0.05) is 48.5 Å². The quantitative estimate of drug-likeness (QED) is 0.924. The van der Waals surface area contributed by atoms with Gasteiger partial charge in [-0.2, -0.15) is 0 Å². The van der Waals surface area contributed by atoms with Gasteiger partial charge in [-0.15, -0.1) is 5.10 Å². The Hall–Kier alpha value is -1.82. The van der Waals surface area contributed by atoms with Crippen molar-refractivity contribution < 1.29 is 9.59 Å². The molecule has 1 aliphatic rings. The van der Waals surface area contributed by atoms with Crippen molar-refractivity contribution in [3.63, 3.8) is 0 Å². The molecule has 23 heavy (non-hydrogen) atoms. The molecule has 124 valence electrons. The number of nitrogens with zero attached hydrogens (tertiary/aromatic N) is 2. The zero-order chi connectivity index (χ0) is 17.2. The summed E-state index contributed by atoms with van der Waals surface area (Å²) in [6.07, 6.45) is 0.743. The molecule has 2 amide bonds. The molecule has 0 spiro atoms. The number of benzene rings is 1. The standard InChI is InChI=1S/C17H23N3O2S/c1-11-6-8-15(9-7-11)12(2)10-17(5)20(14(4)22)19-16(23-17)18-13(3)21/h6-9,12H,10H2,1-5H3,(H,18,19,21)/t12-,17-/m0/s1. The fraction of sp³-hybridized carbons (Fsp3) is 0.471. The first-order valence-corrected chi connectivity index (χ1v) is 8.45. The SMILES string of the molecule is CC(=O)NC1=NN(C(C)=O)[C@](C)(C[C@H](C)c2ccc(C)cc2)S1. The van der Waals surface area contributed by atoms with Crippen LogP contribution in [0, 0.1) is 6.92 Å². The third-order valence-corrected chi connectivity index (χ3v) is 5.02. The van der Waals surface area contributed by atoms with Gasteiger partial charge in [0.25, 0.3) is 0 Å². The van der Waals surface area contributed by atoms with E-state index in [0.717, 1.165) is 6.42 Å². The van der Waals surface area contributed by atoms with E-state index in [1.807, 2.05) is 6.92 Å². The van der Waals surface area contributed by atoms with Gasteiger partial charge in [0.2, 0.25) is 11.8 Å². The molecule has 0 bridgehead atoms. The molecule has 1 aromatic rings. The molecule has 0 fully saturated rings. The number of amides is 2. The highest BCUT2D eigenvalue weighted by atomic mass is 32.2. The van der Waals surface area contributed by atoms with Gasteiger partial charge in [0, 0.05) is 13.8 Å². The molecule has 6 heteroatoms. The van der Waals surface area contributed by atoms with E-state index >= 15 is 0 Å². The van der Waals surface area contributed by atoms with Crippen molar-refractivity contribution >= 4 is 28.7 Å². The van der Waals surface area contributed by atoms with E-state index in [-0.39, 0.29) is 17.7 Å². The van der Waals surface area contributed by atoms with Crippen LogP contribution in [-0.2, 0) is 9.59 Å². The lowest BCUT2D eigenvalue weighted by molar-refractivity contribution is -0.131. The number of hydrogen-bond acceptors (Lipinski definition) is 4. The normalized spacial score (nSPS) is 21.8. The van der Waals surface area contributed by atoms with Crippen LogP contribution in [-0.4, -0.2) is 26.9 Å². The van der Waals surface area contributed by atoms with E-state index in [1.165, 1.54) is 41.7 Å². The minimum atomic E-state index is -0.506. The maximum Gasteiger partial charge on any atom is 0.240 e. The van der Waals surface area contributed by atoms with Gasteiger partial charge in [-0.05, 0) is 31.7 Å². The number of hydrazone groups is 1. The Kier molecular flexibility index (Phi) is 5.14. The van der Waals surface area contributed by atoms with E-state index in [9.17, 15) is 9.59 Å². The summed E-state index contributed by atoms with van der Waals surface area (Å²) in [5.41, 5.74) is 2.46. The molecule has 0 aliphatic carbocycles. The van der Waals surface area contributed by atoms with Crippen molar-refractivity contribution in [1.29, 1.82) is 0 Å².